The molecular weight excluding hydrogens is 232 g/mol. The second-order valence-electron chi connectivity index (χ2n) is 3.75. The molecule has 0 saturated carbocycles. The maximum Gasteiger partial charge on any atom is 0.230 e. The van der Waals surface area contributed by atoms with Crippen molar-refractivity contribution >= 4 is 17.7 Å². The Hall–Kier alpha value is -1.00. The number of carbonyl (C=O) groups is 1. The molecular formula is C13H20N2OS. The summed E-state index contributed by atoms with van der Waals surface area (Å²) >= 11 is 1.59. The van der Waals surface area contributed by atoms with Gasteiger partial charge >= 0.3 is 0 Å². The van der Waals surface area contributed by atoms with E-state index in [0.717, 1.165) is 6.42 Å². The molecule has 1 atom stereocenters. The fraction of sp³-hybridized carbons (Fsp3) is 0.462. The Kier molecular flexibility index (Phi) is 6.08. The molecule has 1 aromatic rings. The molecule has 0 heterocycles. The summed E-state index contributed by atoms with van der Waals surface area (Å²) in [5.74, 6) is 0.524. The zero-order valence-electron chi connectivity index (χ0n) is 10.6. The minimum atomic E-state index is 0.0577. The quantitative estimate of drug-likeness (QED) is 0.763. The average molecular weight is 252 g/mol. The van der Waals surface area contributed by atoms with Gasteiger partial charge in [-0.3, -0.25) is 4.79 Å². The van der Waals surface area contributed by atoms with Gasteiger partial charge in [-0.05, 0) is 25.1 Å². The lowest BCUT2D eigenvalue weighted by molar-refractivity contribution is -0.118. The van der Waals surface area contributed by atoms with Crippen LogP contribution >= 0.6 is 11.8 Å². The molecule has 0 radical (unpaired) electrons. The van der Waals surface area contributed by atoms with E-state index in [1.54, 1.807) is 18.8 Å². The van der Waals surface area contributed by atoms with Crippen LogP contribution < -0.4 is 10.6 Å². The maximum absolute atomic E-state index is 11.3. The van der Waals surface area contributed by atoms with Crippen LogP contribution in [0.1, 0.15) is 24.9 Å². The third kappa shape index (κ3) is 4.06. The lowest BCUT2D eigenvalue weighted by atomic mass is 10.1. The van der Waals surface area contributed by atoms with Crippen LogP contribution in [0.5, 0.6) is 0 Å². The second kappa shape index (κ2) is 7.35. The number of rotatable bonds is 6. The van der Waals surface area contributed by atoms with Crippen LogP contribution in [0, 0.1) is 0 Å². The van der Waals surface area contributed by atoms with Gasteiger partial charge in [0.15, 0.2) is 0 Å². The molecule has 0 aliphatic rings. The van der Waals surface area contributed by atoms with E-state index in [4.69, 9.17) is 0 Å². The van der Waals surface area contributed by atoms with Crippen molar-refractivity contribution in [3.05, 3.63) is 29.8 Å². The molecule has 94 valence electrons. The van der Waals surface area contributed by atoms with Gasteiger partial charge < -0.3 is 10.6 Å². The highest BCUT2D eigenvalue weighted by Gasteiger charge is 2.12. The molecule has 1 aromatic carbocycles. The van der Waals surface area contributed by atoms with Crippen molar-refractivity contribution in [2.45, 2.75) is 24.3 Å². The first-order valence-corrected chi connectivity index (χ1v) is 6.81. The second-order valence-corrected chi connectivity index (χ2v) is 4.77. The van der Waals surface area contributed by atoms with E-state index in [0.29, 0.717) is 11.8 Å². The minimum Gasteiger partial charge on any atom is -0.358 e. The monoisotopic (exact) mass is 252 g/mol. The summed E-state index contributed by atoms with van der Waals surface area (Å²) in [7, 11) is 3.63. The third-order valence-corrected chi connectivity index (χ3v) is 3.78. The summed E-state index contributed by atoms with van der Waals surface area (Å²) in [4.78, 5) is 12.4. The van der Waals surface area contributed by atoms with E-state index in [-0.39, 0.29) is 5.91 Å². The normalized spacial score (nSPS) is 12.2. The van der Waals surface area contributed by atoms with Gasteiger partial charge in [0.2, 0.25) is 5.91 Å². The Morgan fingerprint density at radius 3 is 2.65 bits per heavy atom. The van der Waals surface area contributed by atoms with Gasteiger partial charge in [0.1, 0.15) is 0 Å². The van der Waals surface area contributed by atoms with E-state index < -0.39 is 0 Å². The molecule has 0 aromatic heterocycles. The van der Waals surface area contributed by atoms with Gasteiger partial charge in [-0.1, -0.05) is 25.1 Å². The highest BCUT2D eigenvalue weighted by atomic mass is 32.2. The number of hydrogen-bond acceptors (Lipinski definition) is 3. The predicted molar refractivity (Wildman–Crippen MR) is 73.3 cm³/mol. The smallest absolute Gasteiger partial charge is 0.230 e. The van der Waals surface area contributed by atoms with Crippen molar-refractivity contribution in [1.29, 1.82) is 0 Å². The van der Waals surface area contributed by atoms with Crippen LogP contribution in [-0.2, 0) is 4.79 Å². The molecule has 0 aliphatic carbocycles. The lowest BCUT2D eigenvalue weighted by Crippen LogP contribution is -2.20. The summed E-state index contributed by atoms with van der Waals surface area (Å²) in [5, 5.41) is 5.93. The largest absolute Gasteiger partial charge is 0.358 e. The summed E-state index contributed by atoms with van der Waals surface area (Å²) in [6.07, 6.45) is 1.04. The molecule has 1 unspecified atom stereocenters. The molecule has 0 spiro atoms. The Morgan fingerprint density at radius 1 is 1.35 bits per heavy atom. The fourth-order valence-electron chi connectivity index (χ4n) is 1.69. The number of carbonyl (C=O) groups excluding carboxylic acids is 1. The number of benzene rings is 1. The first-order chi connectivity index (χ1) is 8.22. The Balaban J connectivity index is 2.80. The van der Waals surface area contributed by atoms with Crippen molar-refractivity contribution in [1.82, 2.24) is 10.6 Å². The number of amides is 1. The first kappa shape index (κ1) is 14.1. The topological polar surface area (TPSA) is 41.1 Å². The van der Waals surface area contributed by atoms with Crippen molar-refractivity contribution in [2.24, 2.45) is 0 Å². The Morgan fingerprint density at radius 2 is 2.06 bits per heavy atom. The van der Waals surface area contributed by atoms with Gasteiger partial charge in [0.25, 0.3) is 0 Å². The molecule has 0 aliphatic heterocycles. The SMILES string of the molecule is CCC(NC)c1ccccc1SCC(=O)NC. The van der Waals surface area contributed by atoms with Crippen LogP contribution in [-0.4, -0.2) is 25.8 Å². The first-order valence-electron chi connectivity index (χ1n) is 5.82. The van der Waals surface area contributed by atoms with E-state index >= 15 is 0 Å². The van der Waals surface area contributed by atoms with E-state index in [1.165, 1.54) is 10.5 Å². The van der Waals surface area contributed by atoms with Crippen LogP contribution in [0.2, 0.25) is 0 Å². The molecule has 17 heavy (non-hydrogen) atoms. The lowest BCUT2D eigenvalue weighted by Gasteiger charge is -2.17. The molecule has 0 fully saturated rings. The summed E-state index contributed by atoms with van der Waals surface area (Å²) < 4.78 is 0. The minimum absolute atomic E-state index is 0.0577. The summed E-state index contributed by atoms with van der Waals surface area (Å²) in [6.45, 7) is 2.15. The maximum atomic E-state index is 11.3. The Bertz CT molecular complexity index is 364. The van der Waals surface area contributed by atoms with Gasteiger partial charge in [0, 0.05) is 18.0 Å². The van der Waals surface area contributed by atoms with Crippen molar-refractivity contribution in [2.75, 3.05) is 19.8 Å². The van der Waals surface area contributed by atoms with Crippen LogP contribution in [0.3, 0.4) is 0 Å². The van der Waals surface area contributed by atoms with Gasteiger partial charge in [0.05, 0.1) is 5.75 Å². The van der Waals surface area contributed by atoms with E-state index in [9.17, 15) is 4.79 Å². The van der Waals surface area contributed by atoms with Gasteiger partial charge in [-0.25, -0.2) is 0 Å². The molecule has 0 saturated heterocycles. The number of hydrogen-bond donors (Lipinski definition) is 2. The van der Waals surface area contributed by atoms with Crippen molar-refractivity contribution < 1.29 is 4.79 Å². The predicted octanol–water partition coefficient (Wildman–Crippen LogP) is 2.20. The average Bonchev–Trinajstić information content (AvgIpc) is 2.38. The van der Waals surface area contributed by atoms with E-state index in [2.05, 4.69) is 29.7 Å². The molecule has 1 amide bonds. The third-order valence-electron chi connectivity index (χ3n) is 2.69. The molecule has 4 heteroatoms. The zero-order valence-corrected chi connectivity index (χ0v) is 11.4. The van der Waals surface area contributed by atoms with Gasteiger partial charge in [-0.15, -0.1) is 11.8 Å². The number of nitrogens with one attached hydrogen (secondary N) is 2. The highest BCUT2D eigenvalue weighted by Crippen LogP contribution is 2.28. The molecule has 0 bridgehead atoms. The highest BCUT2D eigenvalue weighted by molar-refractivity contribution is 8.00. The summed E-state index contributed by atoms with van der Waals surface area (Å²) in [6, 6.07) is 8.60. The van der Waals surface area contributed by atoms with Gasteiger partial charge in [-0.2, -0.15) is 0 Å². The van der Waals surface area contributed by atoms with Crippen LogP contribution in [0.25, 0.3) is 0 Å². The Labute approximate surface area is 107 Å². The molecule has 1 rings (SSSR count). The molecule has 3 nitrogen and oxygen atoms in total. The van der Waals surface area contributed by atoms with Crippen molar-refractivity contribution in [3.63, 3.8) is 0 Å². The van der Waals surface area contributed by atoms with Crippen LogP contribution in [0.15, 0.2) is 29.2 Å². The van der Waals surface area contributed by atoms with E-state index in [1.807, 2.05) is 19.2 Å². The standard InChI is InChI=1S/C13H20N2OS/c1-4-11(14-2)10-7-5-6-8-12(10)17-9-13(16)15-3/h5-8,11,14H,4,9H2,1-3H3,(H,15,16). The number of thioether (sulfide) groups is 1. The summed E-state index contributed by atoms with van der Waals surface area (Å²) in [5.41, 5.74) is 1.27. The molecule has 2 N–H and O–H groups in total. The zero-order chi connectivity index (χ0) is 12.7. The van der Waals surface area contributed by atoms with Crippen molar-refractivity contribution in [3.8, 4) is 0 Å². The fourth-order valence-corrected chi connectivity index (χ4v) is 2.68. The van der Waals surface area contributed by atoms with Crippen LogP contribution in [0.4, 0.5) is 0 Å².